The van der Waals surface area contributed by atoms with Gasteiger partial charge in [0.2, 0.25) is 0 Å². The minimum atomic E-state index is -4.08. The average molecular weight is 388 g/mol. The lowest BCUT2D eigenvalue weighted by molar-refractivity contribution is 0.0696. The number of carboxylic acid groups (broad SMARTS) is 1. The average Bonchev–Trinajstić information content (AvgIpc) is 2.66. The van der Waals surface area contributed by atoms with E-state index in [1.54, 1.807) is 18.2 Å². The first-order valence-corrected chi connectivity index (χ1v) is 9.94. The fraction of sp³-hybridized carbons (Fsp3) is 0.263. The van der Waals surface area contributed by atoms with Crippen LogP contribution in [0, 0.1) is 0 Å². The number of anilines is 1. The topological polar surface area (TPSA) is 118 Å². The molecule has 2 aromatic carbocycles. The van der Waals surface area contributed by atoms with Gasteiger partial charge in [0, 0.05) is 7.05 Å². The van der Waals surface area contributed by atoms with E-state index in [1.165, 1.54) is 25.2 Å². The molecule has 2 aromatic rings. The fourth-order valence-corrected chi connectivity index (χ4v) is 4.95. The van der Waals surface area contributed by atoms with Crippen LogP contribution in [-0.4, -0.2) is 32.4 Å². The molecule has 142 valence electrons. The number of hydrogen-bond donors (Lipinski definition) is 2. The molecular weight excluding hydrogens is 368 g/mol. The van der Waals surface area contributed by atoms with Crippen LogP contribution in [-0.2, 0) is 22.9 Å². The monoisotopic (exact) mass is 388 g/mol. The maximum Gasteiger partial charge on any atom is 0.335 e. The standard InChI is InChI=1S/C19H20N2O5S/c1-21(16-9-5-4-8-15(16)18(20)22)27(25,26)17-11-13(19(23)24)10-12-6-2-3-7-14(12)17/h4-5,8-11H,2-3,6-7H2,1H3,(H2,20,22)(H,23,24). The Bertz CT molecular complexity index is 1030. The van der Waals surface area contributed by atoms with Gasteiger partial charge >= 0.3 is 5.97 Å². The second-order valence-electron chi connectivity index (χ2n) is 6.48. The number of rotatable bonds is 5. The van der Waals surface area contributed by atoms with Gasteiger partial charge in [-0.25, -0.2) is 13.2 Å². The Morgan fingerprint density at radius 2 is 1.78 bits per heavy atom. The minimum absolute atomic E-state index is 0.0288. The summed E-state index contributed by atoms with van der Waals surface area (Å²) in [6.07, 6.45) is 2.93. The molecular formula is C19H20N2O5S. The van der Waals surface area contributed by atoms with Crippen LogP contribution in [0.25, 0.3) is 0 Å². The van der Waals surface area contributed by atoms with Gasteiger partial charge in [-0.3, -0.25) is 9.10 Å². The van der Waals surface area contributed by atoms with Crippen LogP contribution in [0.5, 0.6) is 0 Å². The molecule has 0 spiro atoms. The van der Waals surface area contributed by atoms with Crippen molar-refractivity contribution < 1.29 is 23.1 Å². The number of hydrogen-bond acceptors (Lipinski definition) is 4. The van der Waals surface area contributed by atoms with Crippen LogP contribution in [0.2, 0.25) is 0 Å². The molecule has 0 atom stereocenters. The van der Waals surface area contributed by atoms with Crippen LogP contribution >= 0.6 is 0 Å². The number of benzene rings is 2. The van der Waals surface area contributed by atoms with Crippen LogP contribution < -0.4 is 10.0 Å². The summed E-state index contributed by atoms with van der Waals surface area (Å²) in [5, 5.41) is 9.38. The summed E-state index contributed by atoms with van der Waals surface area (Å²) in [4.78, 5) is 23.1. The number of carboxylic acids is 1. The van der Waals surface area contributed by atoms with Crippen LogP contribution in [0.1, 0.15) is 44.7 Å². The molecule has 1 amide bonds. The van der Waals surface area contributed by atoms with Crippen molar-refractivity contribution in [1.82, 2.24) is 0 Å². The quantitative estimate of drug-likeness (QED) is 0.814. The number of amides is 1. The van der Waals surface area contributed by atoms with E-state index in [-0.39, 0.29) is 21.7 Å². The molecule has 7 nitrogen and oxygen atoms in total. The van der Waals surface area contributed by atoms with Crippen LogP contribution in [0.3, 0.4) is 0 Å². The Balaban J connectivity index is 2.19. The smallest absolute Gasteiger partial charge is 0.335 e. The van der Waals surface area contributed by atoms with E-state index in [2.05, 4.69) is 0 Å². The van der Waals surface area contributed by atoms with Crippen molar-refractivity contribution in [1.29, 1.82) is 0 Å². The summed E-state index contributed by atoms with van der Waals surface area (Å²) >= 11 is 0. The number of carbonyl (C=O) groups excluding carboxylic acids is 1. The first kappa shape index (κ1) is 18.9. The van der Waals surface area contributed by atoms with Gasteiger partial charge in [0.1, 0.15) is 0 Å². The Kier molecular flexibility index (Phi) is 4.93. The number of primary amides is 1. The predicted molar refractivity (Wildman–Crippen MR) is 101 cm³/mol. The molecule has 27 heavy (non-hydrogen) atoms. The number of fused-ring (bicyclic) bond motifs is 1. The van der Waals surface area contributed by atoms with Crippen molar-refractivity contribution in [3.8, 4) is 0 Å². The number of sulfonamides is 1. The summed E-state index contributed by atoms with van der Waals surface area (Å²) in [7, 11) is -2.75. The highest BCUT2D eigenvalue weighted by atomic mass is 32.2. The van der Waals surface area contributed by atoms with Gasteiger partial charge in [0.05, 0.1) is 21.7 Å². The third-order valence-electron chi connectivity index (χ3n) is 4.82. The van der Waals surface area contributed by atoms with E-state index in [0.717, 1.165) is 22.7 Å². The Morgan fingerprint density at radius 1 is 1.11 bits per heavy atom. The van der Waals surface area contributed by atoms with Crippen molar-refractivity contribution in [2.75, 3.05) is 11.4 Å². The van der Waals surface area contributed by atoms with E-state index in [0.29, 0.717) is 18.4 Å². The SMILES string of the molecule is CN(c1ccccc1C(N)=O)S(=O)(=O)c1cc(C(=O)O)cc2c1CCCC2. The summed E-state index contributed by atoms with van der Waals surface area (Å²) in [6.45, 7) is 0. The van der Waals surface area contributed by atoms with E-state index in [9.17, 15) is 23.1 Å². The van der Waals surface area contributed by atoms with Gasteiger partial charge in [-0.1, -0.05) is 12.1 Å². The third-order valence-corrected chi connectivity index (χ3v) is 6.66. The van der Waals surface area contributed by atoms with Crippen LogP contribution in [0.4, 0.5) is 5.69 Å². The number of nitrogens with two attached hydrogens (primary N) is 1. The normalized spacial score (nSPS) is 13.7. The lowest BCUT2D eigenvalue weighted by atomic mass is 9.90. The maximum atomic E-state index is 13.3. The Morgan fingerprint density at radius 3 is 2.44 bits per heavy atom. The van der Waals surface area contributed by atoms with Gasteiger partial charge in [-0.05, 0) is 61.1 Å². The molecule has 1 aliphatic carbocycles. The van der Waals surface area contributed by atoms with Gasteiger partial charge < -0.3 is 10.8 Å². The van der Waals surface area contributed by atoms with Crippen molar-refractivity contribution in [3.05, 3.63) is 58.7 Å². The van der Waals surface area contributed by atoms with E-state index in [4.69, 9.17) is 5.73 Å². The molecule has 0 unspecified atom stereocenters. The number of aryl methyl sites for hydroxylation is 1. The molecule has 0 bridgehead atoms. The number of carbonyl (C=O) groups is 2. The first-order valence-electron chi connectivity index (χ1n) is 8.50. The molecule has 0 aliphatic heterocycles. The van der Waals surface area contributed by atoms with Gasteiger partial charge in [-0.15, -0.1) is 0 Å². The zero-order chi connectivity index (χ0) is 19.8. The van der Waals surface area contributed by atoms with Crippen molar-refractivity contribution in [2.24, 2.45) is 5.73 Å². The highest BCUT2D eigenvalue weighted by Crippen LogP contribution is 2.33. The number of aromatic carboxylic acids is 1. The molecule has 3 rings (SSSR count). The van der Waals surface area contributed by atoms with E-state index >= 15 is 0 Å². The number of nitrogens with zero attached hydrogens (tertiary/aromatic N) is 1. The number of para-hydroxylation sites is 1. The Labute approximate surface area is 157 Å². The zero-order valence-corrected chi connectivity index (χ0v) is 15.6. The Hall–Kier alpha value is -2.87. The lowest BCUT2D eigenvalue weighted by Crippen LogP contribution is -2.30. The van der Waals surface area contributed by atoms with Crippen LogP contribution in [0.15, 0.2) is 41.3 Å². The molecule has 0 saturated heterocycles. The minimum Gasteiger partial charge on any atom is -0.478 e. The van der Waals surface area contributed by atoms with Crippen molar-refractivity contribution >= 4 is 27.6 Å². The molecule has 0 aromatic heterocycles. The van der Waals surface area contributed by atoms with Gasteiger partial charge in [0.25, 0.3) is 15.9 Å². The van der Waals surface area contributed by atoms with Crippen molar-refractivity contribution in [2.45, 2.75) is 30.6 Å². The second-order valence-corrected chi connectivity index (χ2v) is 8.42. The molecule has 0 heterocycles. The highest BCUT2D eigenvalue weighted by molar-refractivity contribution is 7.92. The van der Waals surface area contributed by atoms with E-state index < -0.39 is 21.9 Å². The van der Waals surface area contributed by atoms with Gasteiger partial charge in [-0.2, -0.15) is 0 Å². The molecule has 0 saturated carbocycles. The van der Waals surface area contributed by atoms with Gasteiger partial charge in [0.15, 0.2) is 0 Å². The molecule has 1 aliphatic rings. The molecule has 0 radical (unpaired) electrons. The first-order chi connectivity index (χ1) is 12.7. The summed E-state index contributed by atoms with van der Waals surface area (Å²) < 4.78 is 27.7. The molecule has 0 fully saturated rings. The third kappa shape index (κ3) is 3.40. The van der Waals surface area contributed by atoms with Crippen molar-refractivity contribution in [3.63, 3.8) is 0 Å². The zero-order valence-electron chi connectivity index (χ0n) is 14.8. The summed E-state index contributed by atoms with van der Waals surface area (Å²) in [5.41, 5.74) is 6.93. The predicted octanol–water partition coefficient (Wildman–Crippen LogP) is 2.19. The fourth-order valence-electron chi connectivity index (χ4n) is 3.41. The maximum absolute atomic E-state index is 13.3. The largest absolute Gasteiger partial charge is 0.478 e. The van der Waals surface area contributed by atoms with E-state index in [1.807, 2.05) is 0 Å². The second kappa shape index (κ2) is 7.03. The highest BCUT2D eigenvalue weighted by Gasteiger charge is 2.30. The summed E-state index contributed by atoms with van der Waals surface area (Å²) in [6, 6.07) is 8.89. The molecule has 8 heteroatoms. The summed E-state index contributed by atoms with van der Waals surface area (Å²) in [5.74, 6) is -1.92. The molecule has 3 N–H and O–H groups in total. The lowest BCUT2D eigenvalue weighted by Gasteiger charge is -2.26.